The molecule has 0 saturated carbocycles. The van der Waals surface area contributed by atoms with E-state index in [1.54, 1.807) is 0 Å². The Morgan fingerprint density at radius 3 is 1.52 bits per heavy atom. The van der Waals surface area contributed by atoms with E-state index in [1.165, 1.54) is 49.9 Å². The Morgan fingerprint density at radius 2 is 0.862 bits per heavy atom. The molecular weight excluding hydrogens is 705 g/mol. The van der Waals surface area contributed by atoms with Crippen LogP contribution in [0.3, 0.4) is 0 Å². The molecule has 0 unspecified atom stereocenters. The number of phenolic OH excluding ortho intramolecular Hbond substituents is 1. The molecular formula is C55H42N2O. The van der Waals surface area contributed by atoms with Crippen molar-refractivity contribution >= 4 is 44.9 Å². The van der Waals surface area contributed by atoms with Crippen molar-refractivity contribution in [3.63, 3.8) is 0 Å². The summed E-state index contributed by atoms with van der Waals surface area (Å²) in [4.78, 5) is 4.44. The van der Waals surface area contributed by atoms with Crippen molar-refractivity contribution in [3.05, 3.63) is 246 Å². The summed E-state index contributed by atoms with van der Waals surface area (Å²) < 4.78 is 0. The van der Waals surface area contributed by atoms with Crippen LogP contribution < -0.4 is 9.80 Å². The number of hydrogen-bond acceptors (Lipinski definition) is 3. The van der Waals surface area contributed by atoms with Gasteiger partial charge < -0.3 is 14.9 Å². The molecule has 58 heavy (non-hydrogen) atoms. The average Bonchev–Trinajstić information content (AvgIpc) is 3.56. The molecule has 1 aliphatic carbocycles. The third-order valence-electron chi connectivity index (χ3n) is 11.7. The van der Waals surface area contributed by atoms with Gasteiger partial charge in [-0.3, -0.25) is 0 Å². The molecule has 0 heterocycles. The van der Waals surface area contributed by atoms with Crippen LogP contribution in [0, 0.1) is 13.8 Å². The first kappa shape index (κ1) is 35.1. The molecule has 0 bridgehead atoms. The Bertz CT molecular complexity index is 2830. The third kappa shape index (κ3) is 5.83. The van der Waals surface area contributed by atoms with Crippen LogP contribution in [-0.2, 0) is 5.41 Å². The van der Waals surface area contributed by atoms with E-state index >= 15 is 0 Å². The first-order chi connectivity index (χ1) is 28.5. The minimum absolute atomic E-state index is 0.193. The van der Waals surface area contributed by atoms with Crippen LogP contribution in [0.1, 0.15) is 33.4 Å². The molecule has 0 atom stereocenters. The zero-order chi connectivity index (χ0) is 39.2. The largest absolute Gasteiger partial charge is 0.506 e. The normalized spacial score (nSPS) is 12.5. The maximum atomic E-state index is 11.7. The Kier molecular flexibility index (Phi) is 8.65. The van der Waals surface area contributed by atoms with Crippen LogP contribution >= 0.6 is 0 Å². The number of para-hydroxylation sites is 2. The van der Waals surface area contributed by atoms with E-state index in [9.17, 15) is 5.11 Å². The Balaban J connectivity index is 1.21. The topological polar surface area (TPSA) is 26.7 Å². The van der Waals surface area contributed by atoms with E-state index in [2.05, 4.69) is 187 Å². The monoisotopic (exact) mass is 746 g/mol. The van der Waals surface area contributed by atoms with Gasteiger partial charge in [-0.2, -0.15) is 0 Å². The Labute approximate surface area is 340 Å². The van der Waals surface area contributed by atoms with Crippen molar-refractivity contribution in [2.45, 2.75) is 19.3 Å². The second-order valence-electron chi connectivity index (χ2n) is 15.3. The van der Waals surface area contributed by atoms with Gasteiger partial charge in [-0.25, -0.2) is 0 Å². The first-order valence-corrected chi connectivity index (χ1v) is 19.9. The second-order valence-corrected chi connectivity index (χ2v) is 15.3. The van der Waals surface area contributed by atoms with Crippen LogP contribution in [-0.4, -0.2) is 5.11 Å². The minimum Gasteiger partial charge on any atom is -0.506 e. The molecule has 0 spiro atoms. The summed E-state index contributed by atoms with van der Waals surface area (Å²) in [6, 6.07) is 75.6. The maximum absolute atomic E-state index is 11.7. The van der Waals surface area contributed by atoms with E-state index in [-0.39, 0.29) is 5.75 Å². The maximum Gasteiger partial charge on any atom is 0.139 e. The van der Waals surface area contributed by atoms with Gasteiger partial charge in [-0.15, -0.1) is 0 Å². The molecule has 0 amide bonds. The highest BCUT2D eigenvalue weighted by atomic mass is 16.3. The number of fused-ring (bicyclic) bond motifs is 4. The van der Waals surface area contributed by atoms with Crippen LogP contribution in [0.4, 0.5) is 34.1 Å². The van der Waals surface area contributed by atoms with Crippen molar-refractivity contribution < 1.29 is 5.11 Å². The standard InChI is InChI=1S/C55H42N2O/c1-38-21-26-42(27-22-38)55(43-28-23-39(2)24-29-43)51-20-12-11-19-49(51)50-36-47(31-33-52(50)55)56(46-30-25-40-13-9-10-14-41(40)35-46)48-32-34-54(58)53(37-48)57(44-15-5-3-6-16-44)45-17-7-4-8-18-45/h3-37,58H,1-2H3. The van der Waals surface area contributed by atoms with Crippen molar-refractivity contribution in [1.29, 1.82) is 0 Å². The molecule has 9 aromatic rings. The van der Waals surface area contributed by atoms with Crippen LogP contribution in [0.15, 0.2) is 212 Å². The lowest BCUT2D eigenvalue weighted by Crippen LogP contribution is -2.28. The van der Waals surface area contributed by atoms with Gasteiger partial charge in [-0.05, 0) is 125 Å². The number of anilines is 6. The summed E-state index contributed by atoms with van der Waals surface area (Å²) in [7, 11) is 0. The molecule has 0 saturated heterocycles. The lowest BCUT2D eigenvalue weighted by atomic mass is 9.67. The fourth-order valence-electron chi connectivity index (χ4n) is 8.98. The van der Waals surface area contributed by atoms with Crippen molar-refractivity contribution in [2.24, 2.45) is 0 Å². The zero-order valence-corrected chi connectivity index (χ0v) is 32.5. The number of phenols is 1. The van der Waals surface area contributed by atoms with Gasteiger partial charge in [0.2, 0.25) is 0 Å². The molecule has 1 N–H and O–H groups in total. The quantitative estimate of drug-likeness (QED) is 0.168. The number of hydrogen-bond donors (Lipinski definition) is 1. The highest BCUT2D eigenvalue weighted by Crippen LogP contribution is 2.57. The van der Waals surface area contributed by atoms with E-state index in [0.717, 1.165) is 33.8 Å². The highest BCUT2D eigenvalue weighted by Gasteiger charge is 2.46. The molecule has 278 valence electrons. The van der Waals surface area contributed by atoms with Gasteiger partial charge >= 0.3 is 0 Å². The number of rotatable bonds is 8. The molecule has 0 aliphatic heterocycles. The van der Waals surface area contributed by atoms with Crippen molar-refractivity contribution in [2.75, 3.05) is 9.80 Å². The summed E-state index contributed by atoms with van der Waals surface area (Å²) in [5.74, 6) is 0.193. The fraction of sp³-hybridized carbons (Fsp3) is 0.0545. The Morgan fingerprint density at radius 1 is 0.362 bits per heavy atom. The van der Waals surface area contributed by atoms with Crippen LogP contribution in [0.25, 0.3) is 21.9 Å². The SMILES string of the molecule is Cc1ccc(C2(c3ccc(C)cc3)c3ccccc3-c3cc(N(c4ccc(O)c(N(c5ccccc5)c5ccccc5)c4)c4ccc5ccccc5c4)ccc32)cc1. The molecule has 1 aliphatic rings. The molecule has 10 rings (SSSR count). The van der Waals surface area contributed by atoms with Gasteiger partial charge in [0.15, 0.2) is 0 Å². The van der Waals surface area contributed by atoms with Gasteiger partial charge in [0.1, 0.15) is 5.75 Å². The van der Waals surface area contributed by atoms with Crippen molar-refractivity contribution in [1.82, 2.24) is 0 Å². The predicted octanol–water partition coefficient (Wildman–Crippen LogP) is 14.5. The number of aromatic hydroxyl groups is 1. The minimum atomic E-state index is -0.503. The van der Waals surface area contributed by atoms with E-state index in [4.69, 9.17) is 0 Å². The summed E-state index contributed by atoms with van der Waals surface area (Å²) in [5.41, 5.74) is 15.0. The fourth-order valence-corrected chi connectivity index (χ4v) is 8.98. The number of nitrogens with zero attached hydrogens (tertiary/aromatic N) is 2. The van der Waals surface area contributed by atoms with E-state index in [1.807, 2.05) is 48.5 Å². The molecule has 3 heteroatoms. The lowest BCUT2D eigenvalue weighted by molar-refractivity contribution is 0.476. The summed E-state index contributed by atoms with van der Waals surface area (Å²) in [6.07, 6.45) is 0. The lowest BCUT2D eigenvalue weighted by Gasteiger charge is -2.34. The van der Waals surface area contributed by atoms with Gasteiger partial charge in [-0.1, -0.05) is 157 Å². The molecule has 0 radical (unpaired) electrons. The van der Waals surface area contributed by atoms with Crippen LogP contribution in [0.2, 0.25) is 0 Å². The first-order valence-electron chi connectivity index (χ1n) is 19.9. The second kappa shape index (κ2) is 14.3. The van der Waals surface area contributed by atoms with Crippen molar-refractivity contribution in [3.8, 4) is 16.9 Å². The van der Waals surface area contributed by atoms with E-state index < -0.39 is 5.41 Å². The average molecular weight is 747 g/mol. The van der Waals surface area contributed by atoms with Gasteiger partial charge in [0, 0.05) is 28.4 Å². The zero-order valence-electron chi connectivity index (χ0n) is 32.5. The number of benzene rings is 9. The summed E-state index contributed by atoms with van der Waals surface area (Å²) in [6.45, 7) is 4.31. The van der Waals surface area contributed by atoms with Gasteiger partial charge in [0.05, 0.1) is 11.1 Å². The smallest absolute Gasteiger partial charge is 0.139 e. The molecule has 3 nitrogen and oxygen atoms in total. The molecule has 0 fully saturated rings. The predicted molar refractivity (Wildman–Crippen MR) is 242 cm³/mol. The Hall–Kier alpha value is -7.36. The molecule has 9 aromatic carbocycles. The summed E-state index contributed by atoms with van der Waals surface area (Å²) >= 11 is 0. The van der Waals surface area contributed by atoms with E-state index in [0.29, 0.717) is 5.69 Å². The third-order valence-corrected chi connectivity index (χ3v) is 11.7. The molecule has 0 aromatic heterocycles. The van der Waals surface area contributed by atoms with Gasteiger partial charge in [0.25, 0.3) is 0 Å². The van der Waals surface area contributed by atoms with Crippen LogP contribution in [0.5, 0.6) is 5.75 Å². The summed E-state index contributed by atoms with van der Waals surface area (Å²) in [5, 5.41) is 14.0. The highest BCUT2D eigenvalue weighted by molar-refractivity contribution is 5.94. The number of aryl methyl sites for hydroxylation is 2.